The minimum atomic E-state index is 0.820. The average molecular weight is 266 g/mol. The maximum atomic E-state index is 3.66. The van der Waals surface area contributed by atoms with Gasteiger partial charge in [0, 0.05) is 22.7 Å². The molecular formula is C13H16BrN. The molecular weight excluding hydrogens is 250 g/mol. The lowest BCUT2D eigenvalue weighted by atomic mass is 10.1. The monoisotopic (exact) mass is 265 g/mol. The Bertz CT molecular complexity index is 369. The molecule has 2 heteroatoms. The molecule has 0 N–H and O–H groups in total. The summed E-state index contributed by atoms with van der Waals surface area (Å²) in [7, 11) is 0. The quantitative estimate of drug-likeness (QED) is 0.748. The Kier molecular flexibility index (Phi) is 2.47. The molecule has 1 heterocycles. The summed E-state index contributed by atoms with van der Waals surface area (Å²) >= 11 is 3.66. The summed E-state index contributed by atoms with van der Waals surface area (Å²) in [6.07, 6.45) is 6.85. The maximum Gasteiger partial charge on any atom is 0.0413 e. The Hall–Kier alpha value is -0.500. The second-order valence-corrected chi connectivity index (χ2v) is 5.47. The Morgan fingerprint density at radius 1 is 1.20 bits per heavy atom. The molecule has 3 rings (SSSR count). The van der Waals surface area contributed by atoms with E-state index in [1.807, 2.05) is 0 Å². The van der Waals surface area contributed by atoms with Crippen molar-refractivity contribution in [3.05, 3.63) is 28.2 Å². The van der Waals surface area contributed by atoms with Crippen molar-refractivity contribution in [1.82, 2.24) is 0 Å². The van der Waals surface area contributed by atoms with E-state index in [1.54, 1.807) is 0 Å². The van der Waals surface area contributed by atoms with E-state index in [-0.39, 0.29) is 0 Å². The molecule has 1 fully saturated rings. The van der Waals surface area contributed by atoms with Crippen LogP contribution in [-0.2, 0) is 6.42 Å². The minimum Gasteiger partial charge on any atom is -0.368 e. The zero-order chi connectivity index (χ0) is 10.3. The van der Waals surface area contributed by atoms with Crippen LogP contribution in [0.1, 0.15) is 31.2 Å². The number of fused-ring (bicyclic) bond motifs is 1. The standard InChI is InChI=1S/C13H16BrN/c14-12-6-3-7-13-11(12)8-9-15(13)10-4-1-2-5-10/h3,6-7,10H,1-2,4-5,8-9H2. The molecule has 0 bridgehead atoms. The lowest BCUT2D eigenvalue weighted by Crippen LogP contribution is -2.31. The van der Waals surface area contributed by atoms with Gasteiger partial charge in [-0.15, -0.1) is 0 Å². The van der Waals surface area contributed by atoms with Crippen molar-refractivity contribution in [3.8, 4) is 0 Å². The summed E-state index contributed by atoms with van der Waals surface area (Å²) in [5.41, 5.74) is 3.00. The fourth-order valence-corrected chi connectivity index (χ4v) is 3.57. The van der Waals surface area contributed by atoms with Crippen LogP contribution in [0.5, 0.6) is 0 Å². The molecule has 0 aromatic heterocycles. The van der Waals surface area contributed by atoms with Crippen molar-refractivity contribution in [3.63, 3.8) is 0 Å². The number of hydrogen-bond acceptors (Lipinski definition) is 1. The Balaban J connectivity index is 1.94. The molecule has 15 heavy (non-hydrogen) atoms. The number of rotatable bonds is 1. The van der Waals surface area contributed by atoms with Gasteiger partial charge in [-0.2, -0.15) is 0 Å². The first-order chi connectivity index (χ1) is 7.36. The zero-order valence-electron chi connectivity index (χ0n) is 8.88. The van der Waals surface area contributed by atoms with E-state index < -0.39 is 0 Å². The normalized spacial score (nSPS) is 21.0. The fraction of sp³-hybridized carbons (Fsp3) is 0.538. The molecule has 0 atom stereocenters. The minimum absolute atomic E-state index is 0.820. The van der Waals surface area contributed by atoms with E-state index in [0.717, 1.165) is 6.04 Å². The molecule has 2 aliphatic rings. The van der Waals surface area contributed by atoms with Gasteiger partial charge in [-0.3, -0.25) is 0 Å². The molecule has 0 radical (unpaired) electrons. The Morgan fingerprint density at radius 2 is 2.00 bits per heavy atom. The van der Waals surface area contributed by atoms with E-state index >= 15 is 0 Å². The molecule has 0 saturated heterocycles. The van der Waals surface area contributed by atoms with Gasteiger partial charge in [0.15, 0.2) is 0 Å². The largest absolute Gasteiger partial charge is 0.368 e. The van der Waals surface area contributed by atoms with E-state index in [0.29, 0.717) is 0 Å². The number of nitrogens with zero attached hydrogens (tertiary/aromatic N) is 1. The summed E-state index contributed by atoms with van der Waals surface area (Å²) in [4.78, 5) is 2.63. The van der Waals surface area contributed by atoms with Crippen LogP contribution in [0.2, 0.25) is 0 Å². The van der Waals surface area contributed by atoms with Crippen LogP contribution in [0.15, 0.2) is 22.7 Å². The molecule has 1 aromatic rings. The first kappa shape index (κ1) is 9.71. The molecule has 0 amide bonds. The van der Waals surface area contributed by atoms with E-state index in [4.69, 9.17) is 0 Å². The summed E-state index contributed by atoms with van der Waals surface area (Å²) in [6.45, 7) is 1.22. The van der Waals surface area contributed by atoms with Crippen LogP contribution in [0.25, 0.3) is 0 Å². The van der Waals surface area contributed by atoms with Gasteiger partial charge in [0.25, 0.3) is 0 Å². The molecule has 1 saturated carbocycles. The van der Waals surface area contributed by atoms with Gasteiger partial charge in [0.05, 0.1) is 0 Å². The topological polar surface area (TPSA) is 3.24 Å². The van der Waals surface area contributed by atoms with Crippen LogP contribution in [-0.4, -0.2) is 12.6 Å². The van der Waals surface area contributed by atoms with Gasteiger partial charge in [0.1, 0.15) is 0 Å². The zero-order valence-corrected chi connectivity index (χ0v) is 10.5. The highest BCUT2D eigenvalue weighted by molar-refractivity contribution is 9.10. The Morgan fingerprint density at radius 3 is 2.80 bits per heavy atom. The van der Waals surface area contributed by atoms with Gasteiger partial charge in [-0.25, -0.2) is 0 Å². The van der Waals surface area contributed by atoms with Crippen LogP contribution >= 0.6 is 15.9 Å². The molecule has 1 aromatic carbocycles. The molecule has 1 nitrogen and oxygen atoms in total. The van der Waals surface area contributed by atoms with E-state index in [9.17, 15) is 0 Å². The molecule has 0 spiro atoms. The lowest BCUT2D eigenvalue weighted by molar-refractivity contribution is 0.625. The van der Waals surface area contributed by atoms with E-state index in [2.05, 4.69) is 39.0 Å². The van der Waals surface area contributed by atoms with Gasteiger partial charge in [0.2, 0.25) is 0 Å². The highest BCUT2D eigenvalue weighted by Gasteiger charge is 2.28. The fourth-order valence-electron chi connectivity index (χ4n) is 3.01. The molecule has 1 aliphatic heterocycles. The SMILES string of the molecule is Brc1cccc2c1CCN2C1CCCC1. The number of hydrogen-bond donors (Lipinski definition) is 0. The van der Waals surface area contributed by atoms with Gasteiger partial charge in [-0.05, 0) is 37.0 Å². The van der Waals surface area contributed by atoms with Gasteiger partial charge < -0.3 is 4.90 Å². The first-order valence-electron chi connectivity index (χ1n) is 5.90. The number of halogens is 1. The highest BCUT2D eigenvalue weighted by Crippen LogP contribution is 2.38. The van der Waals surface area contributed by atoms with Crippen molar-refractivity contribution < 1.29 is 0 Å². The van der Waals surface area contributed by atoms with Crippen molar-refractivity contribution in [2.45, 2.75) is 38.1 Å². The summed E-state index contributed by atoms with van der Waals surface area (Å²) in [5, 5.41) is 0. The first-order valence-corrected chi connectivity index (χ1v) is 6.69. The van der Waals surface area contributed by atoms with Crippen LogP contribution in [0.3, 0.4) is 0 Å². The average Bonchev–Trinajstić information content (AvgIpc) is 2.85. The smallest absolute Gasteiger partial charge is 0.0413 e. The lowest BCUT2D eigenvalue weighted by Gasteiger charge is -2.26. The van der Waals surface area contributed by atoms with Gasteiger partial charge in [-0.1, -0.05) is 34.8 Å². The summed E-state index contributed by atoms with van der Waals surface area (Å²) in [5.74, 6) is 0. The summed E-state index contributed by atoms with van der Waals surface area (Å²) in [6, 6.07) is 7.43. The second kappa shape index (κ2) is 3.82. The van der Waals surface area contributed by atoms with Crippen LogP contribution in [0.4, 0.5) is 5.69 Å². The molecule has 80 valence electrons. The van der Waals surface area contributed by atoms with Gasteiger partial charge >= 0.3 is 0 Å². The maximum absolute atomic E-state index is 3.66. The van der Waals surface area contributed by atoms with Crippen molar-refractivity contribution >= 4 is 21.6 Å². The third-order valence-electron chi connectivity index (χ3n) is 3.77. The predicted molar refractivity (Wildman–Crippen MR) is 67.4 cm³/mol. The highest BCUT2D eigenvalue weighted by atomic mass is 79.9. The van der Waals surface area contributed by atoms with Crippen LogP contribution < -0.4 is 4.90 Å². The number of benzene rings is 1. The summed E-state index contributed by atoms with van der Waals surface area (Å²) < 4.78 is 1.29. The van der Waals surface area contributed by atoms with Crippen molar-refractivity contribution in [1.29, 1.82) is 0 Å². The third kappa shape index (κ3) is 1.59. The number of anilines is 1. The van der Waals surface area contributed by atoms with Crippen molar-refractivity contribution in [2.75, 3.05) is 11.4 Å². The third-order valence-corrected chi connectivity index (χ3v) is 4.51. The van der Waals surface area contributed by atoms with Crippen molar-refractivity contribution in [2.24, 2.45) is 0 Å². The van der Waals surface area contributed by atoms with E-state index in [1.165, 1.54) is 54.4 Å². The Labute approximate surface area is 99.6 Å². The molecule has 1 aliphatic carbocycles. The predicted octanol–water partition coefficient (Wildman–Crippen LogP) is 3.75. The second-order valence-electron chi connectivity index (χ2n) is 4.62. The molecule has 0 unspecified atom stereocenters. The van der Waals surface area contributed by atoms with Crippen LogP contribution in [0, 0.1) is 0 Å².